The number of nitrogens with zero attached hydrogens (tertiary/aromatic N) is 3. The van der Waals surface area contributed by atoms with Gasteiger partial charge in [0.15, 0.2) is 0 Å². The summed E-state index contributed by atoms with van der Waals surface area (Å²) >= 11 is 0. The van der Waals surface area contributed by atoms with Crippen LogP contribution >= 0.6 is 0 Å². The molecule has 0 N–H and O–H groups in total. The lowest BCUT2D eigenvalue weighted by Crippen LogP contribution is -2.18. The molecule has 0 aliphatic heterocycles. The molecule has 0 atom stereocenters. The molecular weight excluding hydrogens is 278 g/mol. The number of nitriles is 1. The second-order valence-electron chi connectivity index (χ2n) is 4.87. The number of aryl methyl sites for hydroxylation is 1. The Balaban J connectivity index is 1.85. The van der Waals surface area contributed by atoms with Crippen molar-refractivity contribution in [2.24, 2.45) is 0 Å². The van der Waals surface area contributed by atoms with E-state index in [1.807, 2.05) is 25.1 Å². The lowest BCUT2D eigenvalue weighted by Gasteiger charge is -2.08. The minimum absolute atomic E-state index is 0.124. The van der Waals surface area contributed by atoms with E-state index in [1.165, 1.54) is 6.07 Å². The molecule has 0 aliphatic rings. The molecule has 0 spiro atoms. The monoisotopic (exact) mass is 291 g/mol. The van der Waals surface area contributed by atoms with Gasteiger partial charge >= 0.3 is 0 Å². The van der Waals surface area contributed by atoms with Gasteiger partial charge in [-0.1, -0.05) is 6.07 Å². The zero-order valence-electron chi connectivity index (χ0n) is 12.0. The normalized spacial score (nSPS) is 10.4. The molecular formula is C17H13N3O2. The predicted octanol–water partition coefficient (Wildman–Crippen LogP) is 2.45. The molecule has 0 amide bonds. The maximum atomic E-state index is 12.1. The molecule has 0 fully saturated rings. The van der Waals surface area contributed by atoms with Crippen LogP contribution in [0.2, 0.25) is 0 Å². The SMILES string of the molecule is Cc1cccc2nc(COc3ccc(C#N)cc3)cc(=O)n12. The number of hydrogen-bond acceptors (Lipinski definition) is 4. The first-order valence-electron chi connectivity index (χ1n) is 6.78. The van der Waals surface area contributed by atoms with Crippen molar-refractivity contribution in [3.8, 4) is 11.8 Å². The summed E-state index contributed by atoms with van der Waals surface area (Å²) in [6.45, 7) is 2.06. The molecule has 22 heavy (non-hydrogen) atoms. The molecule has 0 radical (unpaired) electrons. The Morgan fingerprint density at radius 1 is 1.23 bits per heavy atom. The van der Waals surface area contributed by atoms with Crippen molar-refractivity contribution in [1.82, 2.24) is 9.38 Å². The maximum absolute atomic E-state index is 12.1. The smallest absolute Gasteiger partial charge is 0.258 e. The van der Waals surface area contributed by atoms with Crippen LogP contribution in [0.3, 0.4) is 0 Å². The van der Waals surface area contributed by atoms with Crippen molar-refractivity contribution in [2.45, 2.75) is 13.5 Å². The van der Waals surface area contributed by atoms with Gasteiger partial charge in [-0.15, -0.1) is 0 Å². The van der Waals surface area contributed by atoms with Gasteiger partial charge in [-0.2, -0.15) is 5.26 Å². The van der Waals surface area contributed by atoms with Crippen molar-refractivity contribution in [3.05, 3.63) is 75.8 Å². The fraction of sp³-hybridized carbons (Fsp3) is 0.118. The molecule has 3 aromatic rings. The van der Waals surface area contributed by atoms with Gasteiger partial charge < -0.3 is 4.74 Å². The van der Waals surface area contributed by atoms with Gasteiger partial charge in [0.25, 0.3) is 5.56 Å². The molecule has 108 valence electrons. The van der Waals surface area contributed by atoms with E-state index < -0.39 is 0 Å². The summed E-state index contributed by atoms with van der Waals surface area (Å²) < 4.78 is 7.17. The predicted molar refractivity (Wildman–Crippen MR) is 81.7 cm³/mol. The zero-order chi connectivity index (χ0) is 15.5. The van der Waals surface area contributed by atoms with Gasteiger partial charge in [-0.25, -0.2) is 4.98 Å². The van der Waals surface area contributed by atoms with Crippen molar-refractivity contribution in [3.63, 3.8) is 0 Å². The fourth-order valence-electron chi connectivity index (χ4n) is 2.22. The number of hydrogen-bond donors (Lipinski definition) is 0. The highest BCUT2D eigenvalue weighted by molar-refractivity contribution is 5.40. The number of fused-ring (bicyclic) bond motifs is 1. The van der Waals surface area contributed by atoms with Crippen LogP contribution in [0.4, 0.5) is 0 Å². The maximum Gasteiger partial charge on any atom is 0.258 e. The van der Waals surface area contributed by atoms with Crippen LogP contribution in [0.5, 0.6) is 5.75 Å². The molecule has 2 aromatic heterocycles. The molecule has 0 aliphatic carbocycles. The number of benzene rings is 1. The van der Waals surface area contributed by atoms with Crippen molar-refractivity contribution in [2.75, 3.05) is 0 Å². The third-order valence-corrected chi connectivity index (χ3v) is 3.30. The van der Waals surface area contributed by atoms with Crippen molar-refractivity contribution in [1.29, 1.82) is 5.26 Å². The Kier molecular flexibility index (Phi) is 3.58. The lowest BCUT2D eigenvalue weighted by molar-refractivity contribution is 0.301. The number of pyridine rings is 1. The molecule has 1 aromatic carbocycles. The van der Waals surface area contributed by atoms with E-state index in [0.717, 1.165) is 5.69 Å². The Bertz CT molecular complexity index is 921. The molecule has 5 nitrogen and oxygen atoms in total. The minimum Gasteiger partial charge on any atom is -0.487 e. The first-order chi connectivity index (χ1) is 10.7. The second kappa shape index (κ2) is 5.70. The van der Waals surface area contributed by atoms with Crippen LogP contribution in [0.1, 0.15) is 17.0 Å². The van der Waals surface area contributed by atoms with Gasteiger partial charge in [0.2, 0.25) is 0 Å². The number of rotatable bonds is 3. The number of ether oxygens (including phenoxy) is 1. The summed E-state index contributed by atoms with van der Waals surface area (Å²) in [6.07, 6.45) is 0. The highest BCUT2D eigenvalue weighted by Crippen LogP contribution is 2.13. The highest BCUT2D eigenvalue weighted by Gasteiger charge is 2.05. The van der Waals surface area contributed by atoms with Crippen LogP contribution < -0.4 is 10.3 Å². The Morgan fingerprint density at radius 2 is 2.00 bits per heavy atom. The summed E-state index contributed by atoms with van der Waals surface area (Å²) in [5, 5.41) is 8.75. The zero-order valence-corrected chi connectivity index (χ0v) is 12.0. The topological polar surface area (TPSA) is 67.4 Å². The average molecular weight is 291 g/mol. The molecule has 0 saturated carbocycles. The van der Waals surface area contributed by atoms with Crippen LogP contribution in [-0.4, -0.2) is 9.38 Å². The van der Waals surface area contributed by atoms with Gasteiger partial charge in [-0.05, 0) is 43.3 Å². The Hall–Kier alpha value is -3.13. The van der Waals surface area contributed by atoms with E-state index in [9.17, 15) is 4.79 Å². The molecule has 0 unspecified atom stereocenters. The van der Waals surface area contributed by atoms with Crippen LogP contribution in [-0.2, 0) is 6.61 Å². The summed E-state index contributed by atoms with van der Waals surface area (Å²) in [4.78, 5) is 16.6. The summed E-state index contributed by atoms with van der Waals surface area (Å²) in [6, 6.07) is 15.8. The molecule has 5 heteroatoms. The molecule has 0 bridgehead atoms. The minimum atomic E-state index is -0.124. The third-order valence-electron chi connectivity index (χ3n) is 3.30. The molecule has 2 heterocycles. The van der Waals surface area contributed by atoms with Gasteiger partial charge in [0, 0.05) is 11.8 Å². The van der Waals surface area contributed by atoms with Crippen LogP contribution in [0, 0.1) is 18.3 Å². The Morgan fingerprint density at radius 3 is 2.73 bits per heavy atom. The van der Waals surface area contributed by atoms with E-state index in [1.54, 1.807) is 34.7 Å². The van der Waals surface area contributed by atoms with Crippen molar-refractivity contribution >= 4 is 5.65 Å². The third kappa shape index (κ3) is 2.67. The van der Waals surface area contributed by atoms with Crippen LogP contribution in [0.25, 0.3) is 5.65 Å². The van der Waals surface area contributed by atoms with E-state index in [2.05, 4.69) is 4.98 Å². The second-order valence-corrected chi connectivity index (χ2v) is 4.87. The molecule has 0 saturated heterocycles. The largest absolute Gasteiger partial charge is 0.487 e. The summed E-state index contributed by atoms with van der Waals surface area (Å²) in [5.41, 5.74) is 2.46. The standard InChI is InChI=1S/C17H13N3O2/c1-12-3-2-4-16-19-14(9-17(21)20(12)16)11-22-15-7-5-13(10-18)6-8-15/h2-9H,11H2,1H3. The first-order valence-corrected chi connectivity index (χ1v) is 6.78. The fourth-order valence-corrected chi connectivity index (χ4v) is 2.22. The van der Waals surface area contributed by atoms with Crippen molar-refractivity contribution < 1.29 is 4.74 Å². The summed E-state index contributed by atoms with van der Waals surface area (Å²) in [5.74, 6) is 0.630. The number of aromatic nitrogens is 2. The lowest BCUT2D eigenvalue weighted by atomic mass is 10.2. The highest BCUT2D eigenvalue weighted by atomic mass is 16.5. The van der Waals surface area contributed by atoms with Gasteiger partial charge in [0.05, 0.1) is 17.3 Å². The van der Waals surface area contributed by atoms with Crippen LogP contribution in [0.15, 0.2) is 53.3 Å². The van der Waals surface area contributed by atoms with E-state index in [-0.39, 0.29) is 12.2 Å². The molecule has 3 rings (SSSR count). The van der Waals surface area contributed by atoms with E-state index >= 15 is 0 Å². The Labute approximate surface area is 127 Å². The average Bonchev–Trinajstić information content (AvgIpc) is 2.53. The van der Waals surface area contributed by atoms with Gasteiger partial charge in [-0.3, -0.25) is 9.20 Å². The van der Waals surface area contributed by atoms with E-state index in [0.29, 0.717) is 22.7 Å². The van der Waals surface area contributed by atoms with E-state index in [4.69, 9.17) is 10.00 Å². The quantitative estimate of drug-likeness (QED) is 0.743. The first kappa shape index (κ1) is 13.8. The summed E-state index contributed by atoms with van der Waals surface area (Å²) in [7, 11) is 0. The van der Waals surface area contributed by atoms with Gasteiger partial charge in [0.1, 0.15) is 18.0 Å².